The van der Waals surface area contributed by atoms with Crippen molar-refractivity contribution in [3.63, 3.8) is 0 Å². The summed E-state index contributed by atoms with van der Waals surface area (Å²) in [5.74, 6) is 3.43. The van der Waals surface area contributed by atoms with Crippen LogP contribution in [0.15, 0.2) is 18.5 Å². The van der Waals surface area contributed by atoms with Crippen LogP contribution in [0.1, 0.15) is 97.5 Å². The fourth-order valence-electron chi connectivity index (χ4n) is 10.2. The molecule has 34 heavy (non-hydrogen) atoms. The number of aliphatic hydroxyl groups excluding tert-OH is 1. The van der Waals surface area contributed by atoms with Crippen molar-refractivity contribution in [3.8, 4) is 6.07 Å². The predicted octanol–water partition coefficient (Wildman–Crippen LogP) is 6.16. The average Bonchev–Trinajstić information content (AvgIpc) is 3.37. The van der Waals surface area contributed by atoms with Gasteiger partial charge in [-0.2, -0.15) is 5.26 Å². The topological polar surface area (TPSA) is 69.2 Å². The lowest BCUT2D eigenvalue weighted by molar-refractivity contribution is -0.193. The molecule has 4 aliphatic rings. The zero-order valence-electron chi connectivity index (χ0n) is 21.8. The number of nitriles is 1. The number of hydrogen-bond acceptors (Lipinski definition) is 3. The molecule has 10 atom stereocenters. The smallest absolute Gasteiger partial charge is 0.101 e. The molecule has 0 bridgehead atoms. The SMILES string of the molecule is CCC[C@@]1(O)CC[C@@]2(C)[C@H](CC[C@@H]3[C@@H]2[C@@H](O)C[C@]2(C)[C@@H]([C@H](C)Cn4ccc(C#N)c4)CC[C@@H]32)C1. The highest BCUT2D eigenvalue weighted by Gasteiger charge is 2.64. The van der Waals surface area contributed by atoms with Gasteiger partial charge in [0, 0.05) is 18.9 Å². The second-order valence-corrected chi connectivity index (χ2v) is 13.4. The Labute approximate surface area is 206 Å². The Hall–Kier alpha value is -1.31. The molecule has 4 aliphatic carbocycles. The quantitative estimate of drug-likeness (QED) is 0.546. The third-order valence-electron chi connectivity index (χ3n) is 11.6. The van der Waals surface area contributed by atoms with E-state index < -0.39 is 5.60 Å². The van der Waals surface area contributed by atoms with Gasteiger partial charge in [0.25, 0.3) is 0 Å². The fraction of sp³-hybridized carbons (Fsp3) is 0.833. The first-order chi connectivity index (χ1) is 16.1. The zero-order chi connectivity index (χ0) is 24.3. The van der Waals surface area contributed by atoms with Crippen LogP contribution in [0.3, 0.4) is 0 Å². The van der Waals surface area contributed by atoms with Crippen LogP contribution in [0.25, 0.3) is 0 Å². The molecule has 5 rings (SSSR count). The van der Waals surface area contributed by atoms with E-state index in [9.17, 15) is 15.5 Å². The molecule has 0 spiro atoms. The van der Waals surface area contributed by atoms with Gasteiger partial charge in [0.1, 0.15) is 6.07 Å². The molecule has 1 aromatic rings. The molecule has 0 amide bonds. The van der Waals surface area contributed by atoms with Crippen LogP contribution in [0, 0.1) is 57.7 Å². The molecule has 4 saturated carbocycles. The van der Waals surface area contributed by atoms with Crippen molar-refractivity contribution in [1.29, 1.82) is 5.26 Å². The van der Waals surface area contributed by atoms with Crippen LogP contribution in [-0.2, 0) is 6.54 Å². The summed E-state index contributed by atoms with van der Waals surface area (Å²) < 4.78 is 2.19. The van der Waals surface area contributed by atoms with E-state index in [2.05, 4.69) is 38.3 Å². The summed E-state index contributed by atoms with van der Waals surface area (Å²) in [6, 6.07) is 4.16. The van der Waals surface area contributed by atoms with Gasteiger partial charge in [0.05, 0.1) is 17.3 Å². The summed E-state index contributed by atoms with van der Waals surface area (Å²) >= 11 is 0. The normalized spacial score (nSPS) is 46.7. The lowest BCUT2D eigenvalue weighted by atomic mass is 9.42. The van der Waals surface area contributed by atoms with Crippen LogP contribution in [0.2, 0.25) is 0 Å². The number of nitrogens with zero attached hydrogens (tertiary/aromatic N) is 2. The first kappa shape index (κ1) is 24.4. The Balaban J connectivity index is 1.35. The third kappa shape index (κ3) is 3.77. The monoisotopic (exact) mass is 466 g/mol. The number of hydrogen-bond donors (Lipinski definition) is 2. The molecule has 0 aliphatic heterocycles. The Morgan fingerprint density at radius 2 is 1.94 bits per heavy atom. The zero-order valence-corrected chi connectivity index (χ0v) is 21.8. The van der Waals surface area contributed by atoms with Crippen LogP contribution in [-0.4, -0.2) is 26.5 Å². The molecule has 1 heterocycles. The van der Waals surface area contributed by atoms with Crippen LogP contribution in [0.5, 0.6) is 0 Å². The highest BCUT2D eigenvalue weighted by molar-refractivity contribution is 5.25. The second kappa shape index (κ2) is 8.67. The van der Waals surface area contributed by atoms with E-state index in [1.54, 1.807) is 0 Å². The van der Waals surface area contributed by atoms with Gasteiger partial charge in [-0.3, -0.25) is 0 Å². The van der Waals surface area contributed by atoms with Crippen molar-refractivity contribution >= 4 is 0 Å². The third-order valence-corrected chi connectivity index (χ3v) is 11.6. The van der Waals surface area contributed by atoms with E-state index in [1.165, 1.54) is 25.7 Å². The number of aromatic nitrogens is 1. The summed E-state index contributed by atoms with van der Waals surface area (Å²) in [4.78, 5) is 0. The molecule has 4 fully saturated rings. The molecule has 0 saturated heterocycles. The second-order valence-electron chi connectivity index (χ2n) is 13.4. The van der Waals surface area contributed by atoms with Crippen LogP contribution < -0.4 is 0 Å². The van der Waals surface area contributed by atoms with Gasteiger partial charge in [0.15, 0.2) is 0 Å². The predicted molar refractivity (Wildman–Crippen MR) is 135 cm³/mol. The highest BCUT2D eigenvalue weighted by Crippen LogP contribution is 2.69. The standard InChI is InChI=1S/C30H46N2O2/c1-5-11-30(34)13-12-28(3)22(15-30)6-7-23-25-9-8-24(29(25,4)16-26(33)27(23)28)20(2)18-32-14-10-21(17-31)19-32/h10,14,19-20,22-27,33-34H,5-9,11-13,15-16,18H2,1-4H3/t20-,22-,23+,24-,25+,26+,27-,28+,29-,30-/m1/s1. The summed E-state index contributed by atoms with van der Waals surface area (Å²) in [6.07, 6.45) is 14.7. The van der Waals surface area contributed by atoms with Crippen molar-refractivity contribution < 1.29 is 10.2 Å². The number of rotatable bonds is 5. The maximum absolute atomic E-state index is 11.8. The van der Waals surface area contributed by atoms with Gasteiger partial charge >= 0.3 is 0 Å². The van der Waals surface area contributed by atoms with E-state index in [1.807, 2.05) is 18.5 Å². The average molecular weight is 467 g/mol. The minimum atomic E-state index is -0.475. The van der Waals surface area contributed by atoms with Gasteiger partial charge in [-0.25, -0.2) is 0 Å². The molecule has 4 nitrogen and oxygen atoms in total. The summed E-state index contributed by atoms with van der Waals surface area (Å²) in [7, 11) is 0. The first-order valence-corrected chi connectivity index (χ1v) is 14.1. The Kier molecular flexibility index (Phi) is 6.22. The van der Waals surface area contributed by atoms with Gasteiger partial charge in [-0.05, 0) is 110 Å². The van der Waals surface area contributed by atoms with E-state index in [4.69, 9.17) is 0 Å². The lowest BCUT2D eigenvalue weighted by Crippen LogP contribution is -2.60. The first-order valence-electron chi connectivity index (χ1n) is 14.1. The van der Waals surface area contributed by atoms with Crippen molar-refractivity contribution in [1.82, 2.24) is 4.57 Å². The van der Waals surface area contributed by atoms with Crippen LogP contribution in [0.4, 0.5) is 0 Å². The Morgan fingerprint density at radius 3 is 2.65 bits per heavy atom. The van der Waals surface area contributed by atoms with E-state index >= 15 is 0 Å². The molecule has 4 heteroatoms. The maximum atomic E-state index is 11.8. The van der Waals surface area contributed by atoms with Crippen molar-refractivity contribution in [2.45, 2.75) is 110 Å². The number of aliphatic hydroxyl groups is 2. The highest BCUT2D eigenvalue weighted by atomic mass is 16.3. The van der Waals surface area contributed by atoms with Gasteiger partial charge in [-0.15, -0.1) is 0 Å². The summed E-state index contributed by atoms with van der Waals surface area (Å²) in [5, 5.41) is 32.2. The molecule has 2 N–H and O–H groups in total. The summed E-state index contributed by atoms with van der Waals surface area (Å²) in [6.45, 7) is 10.5. The Morgan fingerprint density at radius 1 is 1.15 bits per heavy atom. The van der Waals surface area contributed by atoms with E-state index in [0.29, 0.717) is 35.5 Å². The van der Waals surface area contributed by atoms with Gasteiger partial charge < -0.3 is 14.8 Å². The molecule has 188 valence electrons. The van der Waals surface area contributed by atoms with Gasteiger partial charge in [-0.1, -0.05) is 34.1 Å². The summed E-state index contributed by atoms with van der Waals surface area (Å²) in [5.41, 5.74) is 0.637. The minimum absolute atomic E-state index is 0.173. The van der Waals surface area contributed by atoms with E-state index in [0.717, 1.165) is 50.6 Å². The van der Waals surface area contributed by atoms with Gasteiger partial charge in [0.2, 0.25) is 0 Å². The molecule has 0 radical (unpaired) electrons. The molecule has 0 unspecified atom stereocenters. The Bertz CT molecular complexity index is 934. The fourth-order valence-corrected chi connectivity index (χ4v) is 10.2. The van der Waals surface area contributed by atoms with Crippen molar-refractivity contribution in [3.05, 3.63) is 24.0 Å². The van der Waals surface area contributed by atoms with E-state index in [-0.39, 0.29) is 16.9 Å². The number of fused-ring (bicyclic) bond motifs is 5. The molecule has 0 aromatic carbocycles. The van der Waals surface area contributed by atoms with Crippen molar-refractivity contribution in [2.24, 2.45) is 46.3 Å². The lowest BCUT2D eigenvalue weighted by Gasteiger charge is -2.63. The van der Waals surface area contributed by atoms with Crippen molar-refractivity contribution in [2.75, 3.05) is 0 Å². The largest absolute Gasteiger partial charge is 0.393 e. The minimum Gasteiger partial charge on any atom is -0.393 e. The molecular formula is C30H46N2O2. The maximum Gasteiger partial charge on any atom is 0.101 e. The van der Waals surface area contributed by atoms with Crippen LogP contribution >= 0.6 is 0 Å². The molecule has 1 aromatic heterocycles. The molecular weight excluding hydrogens is 420 g/mol.